The summed E-state index contributed by atoms with van der Waals surface area (Å²) in [5.74, 6) is 0.356. The molecule has 0 saturated carbocycles. The first-order valence-corrected chi connectivity index (χ1v) is 9.03. The lowest BCUT2D eigenvalue weighted by atomic mass is 9.98. The molecule has 2 aliphatic rings. The van der Waals surface area contributed by atoms with E-state index in [1.807, 2.05) is 0 Å². The minimum absolute atomic E-state index is 0. The summed E-state index contributed by atoms with van der Waals surface area (Å²) in [5.41, 5.74) is 2.60. The van der Waals surface area contributed by atoms with Crippen molar-refractivity contribution in [2.24, 2.45) is 5.92 Å². The maximum absolute atomic E-state index is 12.4. The number of piperidine rings is 1. The van der Waals surface area contributed by atoms with Crippen LogP contribution in [0, 0.1) is 12.8 Å². The maximum atomic E-state index is 12.4. The molecule has 0 aromatic heterocycles. The number of halogens is 2. The lowest BCUT2D eigenvalue weighted by molar-refractivity contribution is -0.125. The van der Waals surface area contributed by atoms with E-state index in [1.54, 1.807) is 0 Å². The minimum Gasteiger partial charge on any atom is -0.354 e. The Hall–Kier alpha value is -0.810. The van der Waals surface area contributed by atoms with E-state index in [-0.39, 0.29) is 36.6 Å². The van der Waals surface area contributed by atoms with Gasteiger partial charge in [0.05, 0.1) is 12.0 Å². The fraction of sp³-hybridized carbons (Fsp3) is 0.632. The average molecular weight is 388 g/mol. The Morgan fingerprint density at radius 1 is 1.20 bits per heavy atom. The smallest absolute Gasteiger partial charge is 0.224 e. The van der Waals surface area contributed by atoms with Crippen LogP contribution in [0.2, 0.25) is 0 Å². The molecule has 2 atom stereocenters. The second kappa shape index (κ2) is 11.0. The van der Waals surface area contributed by atoms with Crippen molar-refractivity contribution >= 4 is 30.7 Å². The lowest BCUT2D eigenvalue weighted by Crippen LogP contribution is -2.43. The van der Waals surface area contributed by atoms with Gasteiger partial charge in [-0.3, -0.25) is 9.69 Å². The van der Waals surface area contributed by atoms with Crippen LogP contribution in [-0.4, -0.2) is 43.5 Å². The Morgan fingerprint density at radius 2 is 1.88 bits per heavy atom. The molecule has 2 heterocycles. The third-order valence-corrected chi connectivity index (χ3v) is 5.18. The molecule has 2 aliphatic heterocycles. The van der Waals surface area contributed by atoms with E-state index in [9.17, 15) is 4.79 Å². The van der Waals surface area contributed by atoms with Gasteiger partial charge >= 0.3 is 0 Å². The van der Waals surface area contributed by atoms with E-state index in [4.69, 9.17) is 0 Å². The number of amides is 1. The zero-order valence-corrected chi connectivity index (χ0v) is 16.6. The summed E-state index contributed by atoms with van der Waals surface area (Å²) in [7, 11) is 0. The van der Waals surface area contributed by atoms with E-state index >= 15 is 0 Å². The molecule has 2 N–H and O–H groups in total. The van der Waals surface area contributed by atoms with Gasteiger partial charge in [-0.15, -0.1) is 24.8 Å². The van der Waals surface area contributed by atoms with E-state index < -0.39 is 0 Å². The number of hydrogen-bond acceptors (Lipinski definition) is 3. The molecule has 3 rings (SSSR count). The third kappa shape index (κ3) is 6.14. The Morgan fingerprint density at radius 3 is 2.48 bits per heavy atom. The van der Waals surface area contributed by atoms with Crippen molar-refractivity contribution < 1.29 is 4.79 Å². The van der Waals surface area contributed by atoms with Crippen LogP contribution in [0.5, 0.6) is 0 Å². The molecule has 0 radical (unpaired) electrons. The Kier molecular flexibility index (Phi) is 9.80. The van der Waals surface area contributed by atoms with Gasteiger partial charge in [-0.25, -0.2) is 0 Å². The zero-order valence-electron chi connectivity index (χ0n) is 15.0. The largest absolute Gasteiger partial charge is 0.354 e. The normalized spacial score (nSPS) is 21.7. The summed E-state index contributed by atoms with van der Waals surface area (Å²) in [6.45, 7) is 6.98. The molecule has 1 aromatic rings. The number of nitrogens with one attached hydrogen (secondary N) is 2. The summed E-state index contributed by atoms with van der Waals surface area (Å²) in [4.78, 5) is 15.0. The van der Waals surface area contributed by atoms with Gasteiger partial charge in [0.2, 0.25) is 5.91 Å². The van der Waals surface area contributed by atoms with Crippen LogP contribution in [0.3, 0.4) is 0 Å². The van der Waals surface area contributed by atoms with Crippen molar-refractivity contribution in [1.82, 2.24) is 15.5 Å². The van der Waals surface area contributed by atoms with Crippen molar-refractivity contribution in [1.29, 1.82) is 0 Å². The van der Waals surface area contributed by atoms with Crippen LogP contribution in [0.25, 0.3) is 0 Å². The fourth-order valence-corrected chi connectivity index (χ4v) is 3.72. The molecule has 25 heavy (non-hydrogen) atoms. The average Bonchev–Trinajstić information content (AvgIpc) is 3.11. The van der Waals surface area contributed by atoms with Crippen molar-refractivity contribution in [2.45, 2.75) is 38.6 Å². The van der Waals surface area contributed by atoms with Crippen molar-refractivity contribution in [3.05, 3.63) is 35.4 Å². The molecule has 2 fully saturated rings. The summed E-state index contributed by atoms with van der Waals surface area (Å²) < 4.78 is 0. The molecule has 2 unspecified atom stereocenters. The second-order valence-electron chi connectivity index (χ2n) is 6.96. The fourth-order valence-electron chi connectivity index (χ4n) is 3.72. The summed E-state index contributed by atoms with van der Waals surface area (Å²) in [5, 5.41) is 6.55. The number of nitrogens with zero attached hydrogens (tertiary/aromatic N) is 1. The van der Waals surface area contributed by atoms with Gasteiger partial charge in [0.15, 0.2) is 0 Å². The van der Waals surface area contributed by atoms with Gasteiger partial charge in [0.25, 0.3) is 0 Å². The molecule has 1 aromatic carbocycles. The molecule has 6 heteroatoms. The highest BCUT2D eigenvalue weighted by atomic mass is 35.5. The summed E-state index contributed by atoms with van der Waals surface area (Å²) in [6.07, 6.45) is 4.65. The topological polar surface area (TPSA) is 44.4 Å². The number of carbonyl (C=O) groups excluding carboxylic acids is 1. The molecule has 1 amide bonds. The van der Waals surface area contributed by atoms with Gasteiger partial charge in [-0.2, -0.15) is 0 Å². The lowest BCUT2D eigenvalue weighted by Gasteiger charge is -2.29. The number of carbonyl (C=O) groups is 1. The van der Waals surface area contributed by atoms with Crippen LogP contribution in [0.4, 0.5) is 0 Å². The zero-order chi connectivity index (χ0) is 16.1. The minimum atomic E-state index is 0. The summed E-state index contributed by atoms with van der Waals surface area (Å²) >= 11 is 0. The van der Waals surface area contributed by atoms with Crippen molar-refractivity contribution in [2.75, 3.05) is 32.7 Å². The highest BCUT2D eigenvalue weighted by Gasteiger charge is 2.26. The molecule has 4 nitrogen and oxygen atoms in total. The number of benzene rings is 1. The number of likely N-dealkylation sites (tertiary alicyclic amines) is 1. The monoisotopic (exact) mass is 387 g/mol. The molecule has 2 saturated heterocycles. The first-order valence-electron chi connectivity index (χ1n) is 9.03. The highest BCUT2D eigenvalue weighted by Crippen LogP contribution is 2.25. The maximum Gasteiger partial charge on any atom is 0.224 e. The second-order valence-corrected chi connectivity index (χ2v) is 6.96. The Balaban J connectivity index is 0.00000156. The SMILES string of the molecule is Cc1ccc(C(CNC(=O)C2CCCNC2)N2CCCC2)cc1.Cl.Cl. The van der Waals surface area contributed by atoms with Gasteiger partial charge < -0.3 is 10.6 Å². The quantitative estimate of drug-likeness (QED) is 0.815. The van der Waals surface area contributed by atoms with Crippen LogP contribution in [0.1, 0.15) is 42.9 Å². The first kappa shape index (κ1) is 22.2. The predicted molar refractivity (Wildman–Crippen MR) is 108 cm³/mol. The first-order chi connectivity index (χ1) is 11.2. The van der Waals surface area contributed by atoms with Crippen LogP contribution < -0.4 is 10.6 Å². The molecular formula is C19H31Cl2N3O. The highest BCUT2D eigenvalue weighted by molar-refractivity contribution is 5.85. The van der Waals surface area contributed by atoms with Crippen molar-refractivity contribution in [3.8, 4) is 0 Å². The van der Waals surface area contributed by atoms with Crippen LogP contribution >= 0.6 is 24.8 Å². The predicted octanol–water partition coefficient (Wildman–Crippen LogP) is 3.09. The third-order valence-electron chi connectivity index (χ3n) is 5.18. The molecule has 142 valence electrons. The Bertz CT molecular complexity index is 512. The molecular weight excluding hydrogens is 357 g/mol. The van der Waals surface area contributed by atoms with E-state index in [1.165, 1.54) is 24.0 Å². The van der Waals surface area contributed by atoms with Crippen molar-refractivity contribution in [3.63, 3.8) is 0 Å². The van der Waals surface area contributed by atoms with E-state index in [2.05, 4.69) is 46.7 Å². The van der Waals surface area contributed by atoms with Crippen LogP contribution in [-0.2, 0) is 4.79 Å². The van der Waals surface area contributed by atoms with Gasteiger partial charge in [-0.1, -0.05) is 29.8 Å². The standard InChI is InChI=1S/C19H29N3O.2ClH/c1-15-6-8-16(9-7-15)18(22-11-2-3-12-22)14-21-19(23)17-5-4-10-20-13-17;;/h6-9,17-18,20H,2-5,10-14H2,1H3,(H,21,23);2*1H. The Labute approximate surface area is 163 Å². The van der Waals surface area contributed by atoms with E-state index in [0.29, 0.717) is 6.04 Å². The molecule has 0 spiro atoms. The number of rotatable bonds is 5. The van der Waals surface area contributed by atoms with Gasteiger partial charge in [0.1, 0.15) is 0 Å². The number of hydrogen-bond donors (Lipinski definition) is 2. The number of aryl methyl sites for hydroxylation is 1. The van der Waals surface area contributed by atoms with Crippen LogP contribution in [0.15, 0.2) is 24.3 Å². The molecule has 0 bridgehead atoms. The van der Waals surface area contributed by atoms with Gasteiger partial charge in [0, 0.05) is 13.1 Å². The van der Waals surface area contributed by atoms with Gasteiger partial charge in [-0.05, 0) is 57.8 Å². The van der Waals surface area contributed by atoms with E-state index in [0.717, 1.165) is 45.6 Å². The summed E-state index contributed by atoms with van der Waals surface area (Å²) in [6, 6.07) is 9.08. The molecule has 0 aliphatic carbocycles.